The van der Waals surface area contributed by atoms with Gasteiger partial charge in [0.2, 0.25) is 0 Å². The summed E-state index contributed by atoms with van der Waals surface area (Å²) in [5, 5.41) is 2.49. The molecule has 5 nitrogen and oxygen atoms in total. The summed E-state index contributed by atoms with van der Waals surface area (Å²) >= 11 is 5.60. The summed E-state index contributed by atoms with van der Waals surface area (Å²) in [6.45, 7) is 1.87. The second-order valence-electron chi connectivity index (χ2n) is 2.39. The van der Waals surface area contributed by atoms with Gasteiger partial charge in [0.05, 0.1) is 6.61 Å². The van der Waals surface area contributed by atoms with Gasteiger partial charge in [0.15, 0.2) is 5.56 Å². The molecule has 0 unspecified atom stereocenters. The summed E-state index contributed by atoms with van der Waals surface area (Å²) in [6.07, 6.45) is 0. The minimum atomic E-state index is -0.700. The Balaban J connectivity index is 3.14. The van der Waals surface area contributed by atoms with Crippen LogP contribution in [-0.4, -0.2) is 22.4 Å². The van der Waals surface area contributed by atoms with E-state index in [9.17, 15) is 9.59 Å². The zero-order valence-electron chi connectivity index (χ0n) is 7.26. The first-order chi connectivity index (χ1) is 6.07. The van der Waals surface area contributed by atoms with E-state index in [1.54, 1.807) is 6.92 Å². The van der Waals surface area contributed by atoms with Crippen molar-refractivity contribution in [1.82, 2.24) is 9.78 Å². The van der Waals surface area contributed by atoms with Crippen LogP contribution in [0, 0.1) is 0 Å². The monoisotopic (exact) mass is 204 g/mol. The fourth-order valence-electron chi connectivity index (χ4n) is 0.896. The molecule has 1 N–H and O–H groups in total. The van der Waals surface area contributed by atoms with Crippen molar-refractivity contribution in [3.8, 4) is 0 Å². The number of esters is 1. The second kappa shape index (κ2) is 3.66. The van der Waals surface area contributed by atoms with E-state index < -0.39 is 11.5 Å². The number of rotatable bonds is 2. The Hall–Kier alpha value is -1.23. The summed E-state index contributed by atoms with van der Waals surface area (Å²) in [6, 6.07) is 0. The number of hydrogen-bond acceptors (Lipinski definition) is 3. The van der Waals surface area contributed by atoms with Gasteiger partial charge in [0, 0.05) is 7.05 Å². The van der Waals surface area contributed by atoms with Crippen molar-refractivity contribution in [2.75, 3.05) is 6.61 Å². The van der Waals surface area contributed by atoms with Crippen LogP contribution in [0.3, 0.4) is 0 Å². The number of H-pyrrole nitrogens is 1. The number of aromatic nitrogens is 2. The molecule has 0 aromatic carbocycles. The zero-order chi connectivity index (χ0) is 10.0. The van der Waals surface area contributed by atoms with Crippen LogP contribution >= 0.6 is 11.6 Å². The molecule has 1 aromatic heterocycles. The molecule has 72 valence electrons. The molecule has 0 amide bonds. The molecule has 0 bridgehead atoms. The van der Waals surface area contributed by atoms with Crippen LogP contribution in [0.5, 0.6) is 0 Å². The Morgan fingerprint density at radius 2 is 2.31 bits per heavy atom. The van der Waals surface area contributed by atoms with Gasteiger partial charge in [0.25, 0.3) is 5.56 Å². The molecular weight excluding hydrogens is 196 g/mol. The number of halogens is 1. The Morgan fingerprint density at radius 3 is 2.69 bits per heavy atom. The van der Waals surface area contributed by atoms with Gasteiger partial charge in [-0.3, -0.25) is 14.6 Å². The molecule has 6 heteroatoms. The summed E-state index contributed by atoms with van der Waals surface area (Å²) in [5.74, 6) is -0.700. The normalized spacial score (nSPS) is 10.1. The maximum absolute atomic E-state index is 11.3. The molecule has 0 aliphatic rings. The summed E-state index contributed by atoms with van der Waals surface area (Å²) < 4.78 is 5.77. The van der Waals surface area contributed by atoms with Gasteiger partial charge < -0.3 is 4.74 Å². The molecule has 0 fully saturated rings. The molecule has 1 aromatic rings. The maximum atomic E-state index is 11.3. The van der Waals surface area contributed by atoms with Crippen LogP contribution in [0.25, 0.3) is 0 Å². The van der Waals surface area contributed by atoms with Gasteiger partial charge >= 0.3 is 5.97 Å². The molecule has 0 radical (unpaired) electrons. The number of carbonyl (C=O) groups excluding carboxylic acids is 1. The molecule has 0 atom stereocenters. The fraction of sp³-hybridized carbons (Fsp3) is 0.429. The van der Waals surface area contributed by atoms with Crippen LogP contribution in [0.1, 0.15) is 17.3 Å². The SMILES string of the molecule is CCOC(=O)c1c(Cl)[nH]n(C)c1=O. The molecule has 0 spiro atoms. The molecule has 1 rings (SSSR count). The Labute approximate surface area is 79.2 Å². The second-order valence-corrected chi connectivity index (χ2v) is 2.76. The minimum Gasteiger partial charge on any atom is -0.462 e. The molecule has 1 heterocycles. The smallest absolute Gasteiger partial charge is 0.347 e. The largest absolute Gasteiger partial charge is 0.462 e. The van der Waals surface area contributed by atoms with Crippen molar-refractivity contribution < 1.29 is 9.53 Å². The number of ether oxygens (including phenoxy) is 1. The van der Waals surface area contributed by atoms with E-state index in [4.69, 9.17) is 11.6 Å². The molecule has 13 heavy (non-hydrogen) atoms. The van der Waals surface area contributed by atoms with Crippen molar-refractivity contribution in [2.24, 2.45) is 7.05 Å². The highest BCUT2D eigenvalue weighted by Gasteiger charge is 2.19. The first kappa shape index (κ1) is 9.85. The van der Waals surface area contributed by atoms with E-state index in [1.165, 1.54) is 7.05 Å². The van der Waals surface area contributed by atoms with Crippen molar-refractivity contribution >= 4 is 17.6 Å². The number of nitrogens with zero attached hydrogens (tertiary/aromatic N) is 1. The van der Waals surface area contributed by atoms with Crippen LogP contribution < -0.4 is 5.56 Å². The number of aromatic amines is 1. The van der Waals surface area contributed by atoms with Gasteiger partial charge in [-0.1, -0.05) is 11.6 Å². The summed E-state index contributed by atoms with van der Waals surface area (Å²) in [7, 11) is 1.47. The third kappa shape index (κ3) is 1.75. The fourth-order valence-corrected chi connectivity index (χ4v) is 1.18. The number of nitrogens with one attached hydrogen (secondary N) is 1. The minimum absolute atomic E-state index is 0.00551. The number of carbonyl (C=O) groups is 1. The predicted octanol–water partition coefficient (Wildman–Crippen LogP) is 0.544. The Bertz CT molecular complexity index is 380. The van der Waals surface area contributed by atoms with Crippen molar-refractivity contribution in [1.29, 1.82) is 0 Å². The third-order valence-corrected chi connectivity index (χ3v) is 1.76. The quantitative estimate of drug-likeness (QED) is 0.716. The van der Waals surface area contributed by atoms with Crippen LogP contribution in [0.2, 0.25) is 5.15 Å². The summed E-state index contributed by atoms with van der Waals surface area (Å²) in [5.41, 5.74) is -0.630. The average molecular weight is 205 g/mol. The molecule has 0 saturated heterocycles. The zero-order valence-corrected chi connectivity index (χ0v) is 8.01. The van der Waals surface area contributed by atoms with Gasteiger partial charge in [-0.15, -0.1) is 0 Å². The Morgan fingerprint density at radius 1 is 1.69 bits per heavy atom. The van der Waals surface area contributed by atoms with Gasteiger partial charge in [0.1, 0.15) is 5.15 Å². The first-order valence-electron chi connectivity index (χ1n) is 3.69. The van der Waals surface area contributed by atoms with Gasteiger partial charge in [-0.25, -0.2) is 4.79 Å². The van der Waals surface area contributed by atoms with E-state index >= 15 is 0 Å². The molecular formula is C7H9ClN2O3. The highest BCUT2D eigenvalue weighted by atomic mass is 35.5. The van der Waals surface area contributed by atoms with Crippen LogP contribution in [0.15, 0.2) is 4.79 Å². The lowest BCUT2D eigenvalue weighted by atomic mass is 10.3. The lowest BCUT2D eigenvalue weighted by Gasteiger charge is -1.96. The van der Waals surface area contributed by atoms with E-state index in [0.717, 1.165) is 4.68 Å². The molecule has 0 aliphatic heterocycles. The highest BCUT2D eigenvalue weighted by Crippen LogP contribution is 2.08. The predicted molar refractivity (Wildman–Crippen MR) is 47.0 cm³/mol. The average Bonchev–Trinajstić information content (AvgIpc) is 2.27. The summed E-state index contributed by atoms with van der Waals surface area (Å²) in [4.78, 5) is 22.4. The van der Waals surface area contributed by atoms with Gasteiger partial charge in [-0.2, -0.15) is 0 Å². The first-order valence-corrected chi connectivity index (χ1v) is 4.07. The molecule has 0 aliphatic carbocycles. The number of aryl methyl sites for hydroxylation is 1. The van der Waals surface area contributed by atoms with E-state index in [1.807, 2.05) is 0 Å². The van der Waals surface area contributed by atoms with Crippen molar-refractivity contribution in [2.45, 2.75) is 6.92 Å². The van der Waals surface area contributed by atoms with Gasteiger partial charge in [-0.05, 0) is 6.92 Å². The molecule has 0 saturated carbocycles. The Kier molecular flexibility index (Phi) is 2.77. The standard InChI is InChI=1S/C7H9ClN2O3/c1-3-13-7(12)4-5(8)9-10(2)6(4)11/h9H,3H2,1-2H3. The third-order valence-electron chi connectivity index (χ3n) is 1.48. The lowest BCUT2D eigenvalue weighted by Crippen LogP contribution is -2.20. The van der Waals surface area contributed by atoms with E-state index in [-0.39, 0.29) is 17.3 Å². The highest BCUT2D eigenvalue weighted by molar-refractivity contribution is 6.32. The van der Waals surface area contributed by atoms with Crippen molar-refractivity contribution in [3.63, 3.8) is 0 Å². The van der Waals surface area contributed by atoms with Crippen LogP contribution in [-0.2, 0) is 11.8 Å². The lowest BCUT2D eigenvalue weighted by molar-refractivity contribution is 0.0525. The van der Waals surface area contributed by atoms with Crippen molar-refractivity contribution in [3.05, 3.63) is 21.1 Å². The number of hydrogen-bond donors (Lipinski definition) is 1. The maximum Gasteiger partial charge on any atom is 0.347 e. The van der Waals surface area contributed by atoms with Crippen LogP contribution in [0.4, 0.5) is 0 Å². The topological polar surface area (TPSA) is 64.1 Å². The van der Waals surface area contributed by atoms with E-state index in [2.05, 4.69) is 9.84 Å². The van der Waals surface area contributed by atoms with E-state index in [0.29, 0.717) is 0 Å².